The normalized spacial score (nSPS) is 34.9. The number of unbranched alkanes of at least 4 members (excludes halogenated alkanes) is 1. The highest BCUT2D eigenvalue weighted by atomic mass is 19.2. The Morgan fingerprint density at radius 2 is 1.70 bits per heavy atom. The van der Waals surface area contributed by atoms with Crippen LogP contribution in [0.2, 0.25) is 0 Å². The van der Waals surface area contributed by atoms with E-state index in [0.717, 1.165) is 55.3 Å². The van der Waals surface area contributed by atoms with E-state index in [1.165, 1.54) is 82.8 Å². The Balaban J connectivity index is 1.08. The first-order valence-corrected chi connectivity index (χ1v) is 17.9. The number of benzene rings is 1. The first-order valence-electron chi connectivity index (χ1n) is 17.9. The summed E-state index contributed by atoms with van der Waals surface area (Å²) in [5.74, 6) is 2.22. The van der Waals surface area contributed by atoms with E-state index in [9.17, 15) is 13.6 Å². The number of hydrogen-bond acceptors (Lipinski definition) is 3. The molecule has 4 aliphatic carbocycles. The molecule has 0 aromatic heterocycles. The van der Waals surface area contributed by atoms with E-state index in [2.05, 4.69) is 27.7 Å². The van der Waals surface area contributed by atoms with Crippen molar-refractivity contribution in [2.24, 2.45) is 52.3 Å². The van der Waals surface area contributed by atoms with Crippen molar-refractivity contribution in [1.29, 1.82) is 0 Å². The Hall–Kier alpha value is -1.65. The molecule has 4 aliphatic rings. The zero-order valence-corrected chi connectivity index (χ0v) is 27.7. The number of carbonyl (C=O) groups excluding carboxylic acids is 1. The van der Waals surface area contributed by atoms with Gasteiger partial charge < -0.3 is 9.47 Å². The molecule has 0 saturated heterocycles. The molecule has 1 aromatic rings. The molecule has 4 fully saturated rings. The quantitative estimate of drug-likeness (QED) is 0.177. The molecule has 43 heavy (non-hydrogen) atoms. The number of fused-ring (bicyclic) bond motifs is 5. The van der Waals surface area contributed by atoms with Crippen LogP contribution in [0.15, 0.2) is 12.1 Å². The first kappa shape index (κ1) is 32.7. The molecule has 0 amide bonds. The number of ether oxygens (including phenoxy) is 2. The average Bonchev–Trinajstić information content (AvgIpc) is 3.35. The lowest BCUT2D eigenvalue weighted by molar-refractivity contribution is -0.114. The smallest absolute Gasteiger partial charge is 0.341 e. The lowest BCUT2D eigenvalue weighted by Gasteiger charge is -2.61. The molecule has 0 bridgehead atoms. The van der Waals surface area contributed by atoms with E-state index in [1.807, 2.05) is 6.92 Å². The predicted molar refractivity (Wildman–Crippen MR) is 169 cm³/mol. The molecule has 2 unspecified atom stereocenters. The summed E-state index contributed by atoms with van der Waals surface area (Å²) in [6.07, 6.45) is 19.5. The van der Waals surface area contributed by atoms with Crippen molar-refractivity contribution >= 4 is 5.97 Å². The van der Waals surface area contributed by atoms with Crippen LogP contribution in [-0.2, 0) is 4.74 Å². The Bertz CT molecular complexity index is 1100. The van der Waals surface area contributed by atoms with Gasteiger partial charge in [-0.25, -0.2) is 9.18 Å². The number of halogens is 2. The summed E-state index contributed by atoms with van der Waals surface area (Å²) < 4.78 is 39.7. The molecule has 242 valence electrons. The molecular weight excluding hydrogens is 542 g/mol. The minimum atomic E-state index is -1.20. The Morgan fingerprint density at radius 1 is 0.907 bits per heavy atom. The van der Waals surface area contributed by atoms with Crippen molar-refractivity contribution < 1.29 is 23.0 Å². The minimum absolute atomic E-state index is 0.161. The Labute approximate surface area is 260 Å². The van der Waals surface area contributed by atoms with Crippen molar-refractivity contribution in [3.8, 4) is 5.75 Å². The third kappa shape index (κ3) is 6.53. The molecule has 0 radical (unpaired) electrons. The van der Waals surface area contributed by atoms with Crippen molar-refractivity contribution in [1.82, 2.24) is 0 Å². The summed E-state index contributed by atoms with van der Waals surface area (Å²) in [6, 6.07) is 2.58. The van der Waals surface area contributed by atoms with Crippen molar-refractivity contribution in [3.63, 3.8) is 0 Å². The van der Waals surface area contributed by atoms with Crippen LogP contribution < -0.4 is 4.74 Å². The van der Waals surface area contributed by atoms with Gasteiger partial charge in [-0.15, -0.1) is 0 Å². The van der Waals surface area contributed by atoms with Crippen LogP contribution in [0.5, 0.6) is 5.75 Å². The van der Waals surface area contributed by atoms with Gasteiger partial charge in [0.1, 0.15) is 0 Å². The summed E-state index contributed by atoms with van der Waals surface area (Å²) in [5, 5.41) is 0. The SMILES string of the molecule is CCCCOc1ccc(C(=O)OCC(C)CCC[C@@H](C)[C@H]2CC[C@H]3[C@@H]4CCC5CCCC[C@]5(C)[C@H]4CC[C@]23C)c(F)c1F. The molecule has 5 heteroatoms. The number of hydrogen-bond donors (Lipinski definition) is 0. The molecule has 0 spiro atoms. The molecule has 5 rings (SSSR count). The van der Waals surface area contributed by atoms with Gasteiger partial charge in [0.15, 0.2) is 11.6 Å². The largest absolute Gasteiger partial charge is 0.490 e. The van der Waals surface area contributed by atoms with Crippen molar-refractivity contribution in [2.75, 3.05) is 13.2 Å². The van der Waals surface area contributed by atoms with Crippen LogP contribution in [0.25, 0.3) is 0 Å². The Kier molecular flexibility index (Phi) is 10.5. The standard InChI is InChI=1S/C38H58F2O3/c1-6-7-23-42-33-19-16-29(34(39)35(33)40)36(41)43-24-25(2)11-10-12-26(3)30-17-18-31-28-15-14-27-13-8-9-21-37(27,4)32(28)20-22-38(30,31)5/h16,19,25-28,30-32H,6-15,17-18,20-24H2,1-5H3/t25?,26-,27?,28+,30-,31+,32+,37+,38-/m1/s1. The minimum Gasteiger partial charge on any atom is -0.490 e. The van der Waals surface area contributed by atoms with Crippen LogP contribution >= 0.6 is 0 Å². The van der Waals surface area contributed by atoms with E-state index in [0.29, 0.717) is 23.4 Å². The van der Waals surface area contributed by atoms with E-state index in [4.69, 9.17) is 9.47 Å². The van der Waals surface area contributed by atoms with Crippen LogP contribution in [0, 0.1) is 63.9 Å². The van der Waals surface area contributed by atoms with Gasteiger partial charge in [-0.2, -0.15) is 4.39 Å². The van der Waals surface area contributed by atoms with Crippen molar-refractivity contribution in [2.45, 2.75) is 131 Å². The van der Waals surface area contributed by atoms with Gasteiger partial charge in [-0.3, -0.25) is 0 Å². The van der Waals surface area contributed by atoms with Gasteiger partial charge in [0, 0.05) is 0 Å². The number of rotatable bonds is 12. The van der Waals surface area contributed by atoms with Crippen LogP contribution in [-0.4, -0.2) is 19.2 Å². The highest BCUT2D eigenvalue weighted by Gasteiger charge is 2.60. The number of carbonyl (C=O) groups is 1. The molecule has 0 heterocycles. The summed E-state index contributed by atoms with van der Waals surface area (Å²) in [7, 11) is 0. The zero-order valence-electron chi connectivity index (χ0n) is 27.7. The predicted octanol–water partition coefficient (Wildman–Crippen LogP) is 10.8. The van der Waals surface area contributed by atoms with Crippen LogP contribution in [0.1, 0.15) is 141 Å². The van der Waals surface area contributed by atoms with E-state index in [-0.39, 0.29) is 23.8 Å². The highest BCUT2D eigenvalue weighted by molar-refractivity contribution is 5.90. The lowest BCUT2D eigenvalue weighted by Crippen LogP contribution is -2.53. The third-order valence-corrected chi connectivity index (χ3v) is 13.2. The van der Waals surface area contributed by atoms with Crippen LogP contribution in [0.3, 0.4) is 0 Å². The maximum atomic E-state index is 14.6. The van der Waals surface area contributed by atoms with E-state index < -0.39 is 17.6 Å². The molecule has 3 nitrogen and oxygen atoms in total. The summed E-state index contributed by atoms with van der Waals surface area (Å²) in [4.78, 5) is 12.5. The van der Waals surface area contributed by atoms with Crippen molar-refractivity contribution in [3.05, 3.63) is 29.3 Å². The van der Waals surface area contributed by atoms with Gasteiger partial charge in [0.05, 0.1) is 18.8 Å². The molecular formula is C38H58F2O3. The van der Waals surface area contributed by atoms with E-state index >= 15 is 0 Å². The molecule has 4 saturated carbocycles. The van der Waals surface area contributed by atoms with Gasteiger partial charge in [-0.1, -0.05) is 66.7 Å². The summed E-state index contributed by atoms with van der Waals surface area (Å²) in [5.41, 5.74) is 0.735. The molecule has 9 atom stereocenters. The second-order valence-corrected chi connectivity index (χ2v) is 15.7. The second kappa shape index (κ2) is 13.8. The molecule has 0 N–H and O–H groups in total. The van der Waals surface area contributed by atoms with E-state index in [1.54, 1.807) is 0 Å². The maximum Gasteiger partial charge on any atom is 0.341 e. The number of esters is 1. The fourth-order valence-corrected chi connectivity index (χ4v) is 10.8. The fourth-order valence-electron chi connectivity index (χ4n) is 10.8. The maximum absolute atomic E-state index is 14.6. The second-order valence-electron chi connectivity index (χ2n) is 15.7. The van der Waals surface area contributed by atoms with Gasteiger partial charge in [0.2, 0.25) is 5.82 Å². The monoisotopic (exact) mass is 600 g/mol. The molecule has 0 aliphatic heterocycles. The van der Waals surface area contributed by atoms with Gasteiger partial charge >= 0.3 is 5.97 Å². The topological polar surface area (TPSA) is 35.5 Å². The third-order valence-electron chi connectivity index (χ3n) is 13.2. The summed E-state index contributed by atoms with van der Waals surface area (Å²) >= 11 is 0. The summed E-state index contributed by atoms with van der Waals surface area (Å²) in [6.45, 7) is 12.4. The zero-order chi connectivity index (χ0) is 30.8. The van der Waals surface area contributed by atoms with Crippen LogP contribution in [0.4, 0.5) is 8.78 Å². The van der Waals surface area contributed by atoms with Gasteiger partial charge in [-0.05, 0) is 129 Å². The van der Waals surface area contributed by atoms with Gasteiger partial charge in [0.25, 0.3) is 0 Å². The Morgan fingerprint density at radius 3 is 2.49 bits per heavy atom. The highest BCUT2D eigenvalue weighted by Crippen LogP contribution is 2.68. The first-order chi connectivity index (χ1) is 20.6. The average molecular weight is 601 g/mol. The lowest BCUT2D eigenvalue weighted by atomic mass is 9.44. The molecule has 1 aromatic carbocycles. The fraction of sp³-hybridized carbons (Fsp3) is 0.816.